The number of unbranched alkanes of at least 4 members (excludes halogenated alkanes) is 34. The van der Waals surface area contributed by atoms with Crippen LogP contribution >= 0.6 is 0 Å². The zero-order valence-electron chi connectivity index (χ0n) is 54.0. The van der Waals surface area contributed by atoms with Crippen LogP contribution in [-0.2, 0) is 28.6 Å². The zero-order valence-corrected chi connectivity index (χ0v) is 54.0. The van der Waals surface area contributed by atoms with Crippen LogP contribution in [0.25, 0.3) is 0 Å². The second-order valence-corrected chi connectivity index (χ2v) is 23.1. The Morgan fingerprint density at radius 3 is 0.756 bits per heavy atom. The van der Waals surface area contributed by atoms with E-state index in [1.165, 1.54) is 173 Å². The molecule has 6 heteroatoms. The minimum absolute atomic E-state index is 0.0905. The lowest BCUT2D eigenvalue weighted by molar-refractivity contribution is -0.167. The van der Waals surface area contributed by atoms with E-state index in [4.69, 9.17) is 14.2 Å². The molecule has 1 unspecified atom stereocenters. The van der Waals surface area contributed by atoms with E-state index in [0.717, 1.165) is 122 Å². The van der Waals surface area contributed by atoms with Crippen LogP contribution in [0.1, 0.15) is 335 Å². The molecule has 0 bridgehead atoms. The molecule has 470 valence electrons. The van der Waals surface area contributed by atoms with Crippen molar-refractivity contribution in [1.29, 1.82) is 0 Å². The summed E-state index contributed by atoms with van der Waals surface area (Å²) in [7, 11) is 0. The van der Waals surface area contributed by atoms with E-state index in [-0.39, 0.29) is 31.1 Å². The molecule has 0 saturated heterocycles. The summed E-state index contributed by atoms with van der Waals surface area (Å²) in [6, 6.07) is 0. The molecular formula is C76H130O6. The van der Waals surface area contributed by atoms with Gasteiger partial charge >= 0.3 is 17.9 Å². The van der Waals surface area contributed by atoms with Crippen molar-refractivity contribution in [3.8, 4) is 0 Å². The minimum atomic E-state index is -0.798. The normalized spacial score (nSPS) is 12.8. The maximum Gasteiger partial charge on any atom is 0.306 e. The van der Waals surface area contributed by atoms with Crippen molar-refractivity contribution < 1.29 is 28.6 Å². The number of rotatable bonds is 63. The van der Waals surface area contributed by atoms with E-state index in [0.29, 0.717) is 19.3 Å². The van der Waals surface area contributed by atoms with Crippen molar-refractivity contribution in [3.05, 3.63) is 109 Å². The van der Waals surface area contributed by atoms with Gasteiger partial charge in [0.2, 0.25) is 0 Å². The van der Waals surface area contributed by atoms with E-state index < -0.39 is 6.10 Å². The lowest BCUT2D eigenvalue weighted by Gasteiger charge is -2.18. The summed E-state index contributed by atoms with van der Waals surface area (Å²) in [6.07, 6.45) is 95.4. The van der Waals surface area contributed by atoms with Crippen LogP contribution in [-0.4, -0.2) is 37.2 Å². The Morgan fingerprint density at radius 1 is 0.256 bits per heavy atom. The second kappa shape index (κ2) is 69.6. The standard InChI is InChI=1S/C76H130O6/c1-4-7-10-13-16-19-22-25-28-30-32-34-36-37-38-39-41-42-44-46-48-51-54-57-60-63-66-69-75(78)81-72-73(71-80-74(77)68-65-62-59-56-53-50-27-24-21-18-15-12-9-6-3)82-76(79)70-67-64-61-58-55-52-49-47-45-43-40-35-33-31-29-26-23-20-17-14-11-8-5-2/h8,11,17,20,22,24-27,29-30,32-33,35,43,45,49,52,73H,4-7,9-10,12-16,18-19,21,23,28,31,34,36-42,44,46-48,50-51,53-72H2,1-3H3/b11-8-,20-17-,25-22-,27-24-,29-26-,32-30-,35-33-,45-43-,52-49-. The molecule has 0 spiro atoms. The first-order chi connectivity index (χ1) is 40.5. The molecule has 0 aromatic rings. The smallest absolute Gasteiger partial charge is 0.306 e. The SMILES string of the molecule is CC/C=C\C/C=C\C/C=C\C/C=C\C/C=C\C/C=C\CCCCCCC(=O)OC(COC(=O)CCCCCCC/C=C\CCCCCCC)COC(=O)CCCCCCCCCCCCCCCCC/C=C\C/C=C\CCCCCCC. The van der Waals surface area contributed by atoms with Gasteiger partial charge in [0, 0.05) is 19.3 Å². The van der Waals surface area contributed by atoms with E-state index in [9.17, 15) is 14.4 Å². The molecule has 0 aliphatic carbocycles. The molecule has 0 aliphatic heterocycles. The molecule has 82 heavy (non-hydrogen) atoms. The van der Waals surface area contributed by atoms with Gasteiger partial charge in [0.15, 0.2) is 6.10 Å². The van der Waals surface area contributed by atoms with Crippen molar-refractivity contribution in [2.24, 2.45) is 0 Å². The van der Waals surface area contributed by atoms with Gasteiger partial charge in [-0.1, -0.05) is 297 Å². The van der Waals surface area contributed by atoms with Crippen LogP contribution < -0.4 is 0 Å². The molecule has 0 aromatic heterocycles. The summed E-state index contributed by atoms with van der Waals surface area (Å²) in [5, 5.41) is 0. The number of hydrogen-bond donors (Lipinski definition) is 0. The molecule has 0 amide bonds. The first-order valence-electron chi connectivity index (χ1n) is 34.9. The highest BCUT2D eigenvalue weighted by atomic mass is 16.6. The Kier molecular flexibility index (Phi) is 66.2. The number of esters is 3. The van der Waals surface area contributed by atoms with Crippen LogP contribution in [0.3, 0.4) is 0 Å². The maximum absolute atomic E-state index is 12.9. The Morgan fingerprint density at radius 2 is 0.476 bits per heavy atom. The molecule has 0 aromatic carbocycles. The van der Waals surface area contributed by atoms with Crippen molar-refractivity contribution in [3.63, 3.8) is 0 Å². The Balaban J connectivity index is 4.35. The maximum atomic E-state index is 12.9. The number of ether oxygens (including phenoxy) is 3. The van der Waals surface area contributed by atoms with E-state index >= 15 is 0 Å². The lowest BCUT2D eigenvalue weighted by atomic mass is 10.0. The summed E-state index contributed by atoms with van der Waals surface area (Å²) in [6.45, 7) is 6.51. The number of allylic oxidation sites excluding steroid dienone is 18. The van der Waals surface area contributed by atoms with Crippen LogP contribution in [0, 0.1) is 0 Å². The first-order valence-corrected chi connectivity index (χ1v) is 34.9. The van der Waals surface area contributed by atoms with E-state index in [1.807, 2.05) is 0 Å². The summed E-state index contributed by atoms with van der Waals surface area (Å²) >= 11 is 0. The van der Waals surface area contributed by atoms with Gasteiger partial charge in [-0.25, -0.2) is 0 Å². The topological polar surface area (TPSA) is 78.9 Å². The van der Waals surface area contributed by atoms with Crippen molar-refractivity contribution in [1.82, 2.24) is 0 Å². The van der Waals surface area contributed by atoms with Gasteiger partial charge in [-0.15, -0.1) is 0 Å². The predicted molar refractivity (Wildman–Crippen MR) is 357 cm³/mol. The van der Waals surface area contributed by atoms with Gasteiger partial charge < -0.3 is 14.2 Å². The summed E-state index contributed by atoms with van der Waals surface area (Å²) < 4.78 is 16.9. The molecule has 6 nitrogen and oxygen atoms in total. The van der Waals surface area contributed by atoms with Crippen molar-refractivity contribution in [2.45, 2.75) is 341 Å². The first kappa shape index (κ1) is 78.1. The average Bonchev–Trinajstić information content (AvgIpc) is 3.47. The monoisotopic (exact) mass is 1140 g/mol. The zero-order chi connectivity index (χ0) is 59.2. The van der Waals surface area contributed by atoms with Gasteiger partial charge in [-0.05, 0) is 128 Å². The third-order valence-electron chi connectivity index (χ3n) is 15.0. The minimum Gasteiger partial charge on any atom is -0.462 e. The number of carbonyl (C=O) groups excluding carboxylic acids is 3. The highest BCUT2D eigenvalue weighted by Crippen LogP contribution is 2.17. The predicted octanol–water partition coefficient (Wildman–Crippen LogP) is 24.2. The van der Waals surface area contributed by atoms with Crippen LogP contribution in [0.15, 0.2) is 109 Å². The molecule has 0 fully saturated rings. The quantitative estimate of drug-likeness (QED) is 0.0261. The van der Waals surface area contributed by atoms with Gasteiger partial charge in [0.25, 0.3) is 0 Å². The van der Waals surface area contributed by atoms with E-state index in [1.54, 1.807) is 0 Å². The van der Waals surface area contributed by atoms with Crippen LogP contribution in [0.4, 0.5) is 0 Å². The Hall–Kier alpha value is -3.93. The molecule has 0 heterocycles. The summed E-state index contributed by atoms with van der Waals surface area (Å²) in [5.74, 6) is -0.913. The molecule has 0 aliphatic rings. The van der Waals surface area contributed by atoms with Crippen molar-refractivity contribution in [2.75, 3.05) is 13.2 Å². The lowest BCUT2D eigenvalue weighted by Crippen LogP contribution is -2.30. The Bertz CT molecular complexity index is 1640. The number of hydrogen-bond acceptors (Lipinski definition) is 6. The van der Waals surface area contributed by atoms with Crippen LogP contribution in [0.2, 0.25) is 0 Å². The fraction of sp³-hybridized carbons (Fsp3) is 0.724. The van der Waals surface area contributed by atoms with Crippen LogP contribution in [0.5, 0.6) is 0 Å². The third-order valence-corrected chi connectivity index (χ3v) is 15.0. The van der Waals surface area contributed by atoms with Gasteiger partial charge in [0.1, 0.15) is 13.2 Å². The highest BCUT2D eigenvalue weighted by molar-refractivity contribution is 5.71. The average molecular weight is 1140 g/mol. The Labute approximate surface area is 508 Å². The molecule has 0 N–H and O–H groups in total. The van der Waals surface area contributed by atoms with Crippen molar-refractivity contribution >= 4 is 17.9 Å². The number of carbonyl (C=O) groups is 3. The van der Waals surface area contributed by atoms with Gasteiger partial charge in [0.05, 0.1) is 0 Å². The highest BCUT2D eigenvalue weighted by Gasteiger charge is 2.19. The summed E-state index contributed by atoms with van der Waals surface area (Å²) in [4.78, 5) is 38.4. The molecule has 0 rings (SSSR count). The molecular weight excluding hydrogens is 1010 g/mol. The molecule has 0 saturated carbocycles. The summed E-state index contributed by atoms with van der Waals surface area (Å²) in [5.41, 5.74) is 0. The third kappa shape index (κ3) is 66.9. The largest absolute Gasteiger partial charge is 0.462 e. The van der Waals surface area contributed by atoms with Gasteiger partial charge in [-0.3, -0.25) is 14.4 Å². The molecule has 1 atom stereocenters. The van der Waals surface area contributed by atoms with E-state index in [2.05, 4.69) is 130 Å². The second-order valence-electron chi connectivity index (χ2n) is 23.1. The molecule has 0 radical (unpaired) electrons. The van der Waals surface area contributed by atoms with Gasteiger partial charge in [-0.2, -0.15) is 0 Å². The fourth-order valence-corrected chi connectivity index (χ4v) is 9.77. The fourth-order valence-electron chi connectivity index (χ4n) is 9.77.